The third kappa shape index (κ3) is 53.1. The predicted molar refractivity (Wildman–Crippen MR) is 284 cm³/mol. The average Bonchev–Trinajstić information content (AvgIpc) is 3.31. The van der Waals surface area contributed by atoms with Crippen LogP contribution in [0, 0.1) is 0 Å². The maximum atomic E-state index is 12.8. The standard InChI is InChI=1S/C60H114O6/c1-4-7-10-13-16-19-21-23-25-26-27-28-29-30-31-32-33-35-36-38-41-44-47-50-53-59(62)65-56-57(55-64-58(61)52-49-46-43-40-18-15-12-9-6-3)66-60(63)54-51-48-45-42-39-37-34-24-22-20-17-14-11-8-5-2/h24,34,57H,4-23,25-33,35-56H2,1-3H3/b34-24-. The maximum Gasteiger partial charge on any atom is 0.306 e. The number of rotatable bonds is 55. The van der Waals surface area contributed by atoms with Gasteiger partial charge in [0.25, 0.3) is 0 Å². The quantitative estimate of drug-likeness (QED) is 0.0262. The van der Waals surface area contributed by atoms with Crippen molar-refractivity contribution in [2.45, 2.75) is 341 Å². The van der Waals surface area contributed by atoms with Gasteiger partial charge >= 0.3 is 17.9 Å². The number of unbranched alkanes of at least 4 members (excludes halogenated alkanes) is 42. The number of ether oxygens (including phenoxy) is 3. The molecule has 0 aliphatic rings. The summed E-state index contributed by atoms with van der Waals surface area (Å²) in [6.45, 7) is 6.66. The fraction of sp³-hybridized carbons (Fsp3) is 0.917. The SMILES string of the molecule is CCCCCCCC/C=C\CCCCCCCC(=O)OC(COC(=O)CCCCCCCCCCC)COC(=O)CCCCCCCCCCCCCCCCCCCCCCCCCC. The summed E-state index contributed by atoms with van der Waals surface area (Å²) in [6.07, 6.45) is 63.7. The lowest BCUT2D eigenvalue weighted by Gasteiger charge is -2.18. The van der Waals surface area contributed by atoms with E-state index in [1.54, 1.807) is 0 Å². The number of carbonyl (C=O) groups is 3. The van der Waals surface area contributed by atoms with E-state index in [-0.39, 0.29) is 31.1 Å². The minimum absolute atomic E-state index is 0.0678. The zero-order valence-corrected chi connectivity index (χ0v) is 44.7. The van der Waals surface area contributed by atoms with Gasteiger partial charge in [0.15, 0.2) is 6.10 Å². The summed E-state index contributed by atoms with van der Waals surface area (Å²) in [5.41, 5.74) is 0. The van der Waals surface area contributed by atoms with Gasteiger partial charge in [-0.25, -0.2) is 0 Å². The van der Waals surface area contributed by atoms with Crippen molar-refractivity contribution in [2.24, 2.45) is 0 Å². The second-order valence-corrected chi connectivity index (χ2v) is 20.3. The Morgan fingerprint density at radius 3 is 0.758 bits per heavy atom. The van der Waals surface area contributed by atoms with E-state index in [9.17, 15) is 14.4 Å². The van der Waals surface area contributed by atoms with Crippen LogP contribution in [0.5, 0.6) is 0 Å². The van der Waals surface area contributed by atoms with Gasteiger partial charge in [-0.15, -0.1) is 0 Å². The van der Waals surface area contributed by atoms with Crippen LogP contribution in [-0.2, 0) is 28.6 Å². The number of esters is 3. The molecule has 0 heterocycles. The molecule has 0 radical (unpaired) electrons. The molecule has 0 fully saturated rings. The van der Waals surface area contributed by atoms with Crippen LogP contribution >= 0.6 is 0 Å². The first-order valence-electron chi connectivity index (χ1n) is 29.7. The Morgan fingerprint density at radius 1 is 0.288 bits per heavy atom. The molecule has 6 nitrogen and oxygen atoms in total. The van der Waals surface area contributed by atoms with Gasteiger partial charge in [0, 0.05) is 19.3 Å². The topological polar surface area (TPSA) is 78.9 Å². The van der Waals surface area contributed by atoms with Gasteiger partial charge < -0.3 is 14.2 Å². The predicted octanol–water partition coefficient (Wildman–Crippen LogP) is 19.7. The highest BCUT2D eigenvalue weighted by molar-refractivity contribution is 5.71. The molecule has 0 rings (SSSR count). The molecule has 0 amide bonds. The molecule has 0 saturated heterocycles. The smallest absolute Gasteiger partial charge is 0.306 e. The van der Waals surface area contributed by atoms with Crippen molar-refractivity contribution >= 4 is 17.9 Å². The largest absolute Gasteiger partial charge is 0.462 e. The third-order valence-corrected chi connectivity index (χ3v) is 13.5. The summed E-state index contributed by atoms with van der Waals surface area (Å²) in [5, 5.41) is 0. The molecule has 1 unspecified atom stereocenters. The van der Waals surface area contributed by atoms with E-state index in [1.807, 2.05) is 0 Å². The van der Waals surface area contributed by atoms with Gasteiger partial charge in [-0.3, -0.25) is 14.4 Å². The van der Waals surface area contributed by atoms with Crippen LogP contribution in [0.15, 0.2) is 12.2 Å². The minimum atomic E-state index is -0.768. The van der Waals surface area contributed by atoms with Crippen LogP contribution in [0.2, 0.25) is 0 Å². The summed E-state index contributed by atoms with van der Waals surface area (Å²) < 4.78 is 16.8. The van der Waals surface area contributed by atoms with Crippen molar-refractivity contribution in [3.63, 3.8) is 0 Å². The number of hydrogen-bond acceptors (Lipinski definition) is 6. The second kappa shape index (κ2) is 55.7. The van der Waals surface area contributed by atoms with E-state index in [0.717, 1.165) is 64.2 Å². The lowest BCUT2D eigenvalue weighted by atomic mass is 10.0. The molecule has 0 aliphatic heterocycles. The van der Waals surface area contributed by atoms with Crippen molar-refractivity contribution in [1.29, 1.82) is 0 Å². The molecular weight excluding hydrogens is 817 g/mol. The Labute approximate surface area is 411 Å². The first kappa shape index (κ1) is 64.2. The van der Waals surface area contributed by atoms with E-state index in [4.69, 9.17) is 14.2 Å². The van der Waals surface area contributed by atoms with Crippen molar-refractivity contribution in [1.82, 2.24) is 0 Å². The second-order valence-electron chi connectivity index (χ2n) is 20.3. The molecule has 0 aliphatic carbocycles. The summed E-state index contributed by atoms with van der Waals surface area (Å²) >= 11 is 0. The van der Waals surface area contributed by atoms with Gasteiger partial charge in [0.1, 0.15) is 13.2 Å². The van der Waals surface area contributed by atoms with Crippen LogP contribution in [0.3, 0.4) is 0 Å². The first-order valence-corrected chi connectivity index (χ1v) is 29.7. The Bertz CT molecular complexity index is 1020. The molecule has 6 heteroatoms. The molecule has 0 N–H and O–H groups in total. The van der Waals surface area contributed by atoms with Gasteiger partial charge in [-0.2, -0.15) is 0 Å². The molecular formula is C60H114O6. The Balaban J connectivity index is 4.14. The monoisotopic (exact) mass is 931 g/mol. The Morgan fingerprint density at radius 2 is 0.500 bits per heavy atom. The van der Waals surface area contributed by atoms with E-state index < -0.39 is 6.10 Å². The van der Waals surface area contributed by atoms with Crippen molar-refractivity contribution in [2.75, 3.05) is 13.2 Å². The maximum absolute atomic E-state index is 12.8. The first-order chi connectivity index (χ1) is 32.5. The van der Waals surface area contributed by atoms with Gasteiger partial charge in [0.05, 0.1) is 0 Å². The normalized spacial score (nSPS) is 12.0. The lowest BCUT2D eigenvalue weighted by molar-refractivity contribution is -0.167. The van der Waals surface area contributed by atoms with Gasteiger partial charge in [0.2, 0.25) is 0 Å². The molecule has 1 atom stereocenters. The Kier molecular flexibility index (Phi) is 54.2. The highest BCUT2D eigenvalue weighted by Crippen LogP contribution is 2.17. The summed E-state index contributed by atoms with van der Waals surface area (Å²) in [7, 11) is 0. The minimum Gasteiger partial charge on any atom is -0.462 e. The third-order valence-electron chi connectivity index (χ3n) is 13.5. The molecule has 0 aromatic carbocycles. The fourth-order valence-electron chi connectivity index (χ4n) is 9.03. The van der Waals surface area contributed by atoms with E-state index in [0.29, 0.717) is 19.3 Å². The zero-order valence-electron chi connectivity index (χ0n) is 44.7. The van der Waals surface area contributed by atoms with Crippen molar-refractivity contribution < 1.29 is 28.6 Å². The van der Waals surface area contributed by atoms with Gasteiger partial charge in [-0.1, -0.05) is 283 Å². The molecule has 0 bridgehead atoms. The van der Waals surface area contributed by atoms with E-state index >= 15 is 0 Å². The number of carbonyl (C=O) groups excluding carboxylic acids is 3. The molecule has 0 spiro atoms. The number of hydrogen-bond donors (Lipinski definition) is 0. The molecule has 0 saturated carbocycles. The van der Waals surface area contributed by atoms with Gasteiger partial charge in [-0.05, 0) is 44.9 Å². The van der Waals surface area contributed by atoms with Crippen LogP contribution < -0.4 is 0 Å². The molecule has 0 aromatic heterocycles. The van der Waals surface area contributed by atoms with Crippen LogP contribution in [0.4, 0.5) is 0 Å². The summed E-state index contributed by atoms with van der Waals surface area (Å²) in [5.74, 6) is -0.857. The number of allylic oxidation sites excluding steroid dienone is 2. The van der Waals surface area contributed by atoms with Crippen LogP contribution in [0.25, 0.3) is 0 Å². The van der Waals surface area contributed by atoms with E-state index in [2.05, 4.69) is 32.9 Å². The van der Waals surface area contributed by atoms with Crippen molar-refractivity contribution in [3.05, 3.63) is 12.2 Å². The highest BCUT2D eigenvalue weighted by Gasteiger charge is 2.19. The highest BCUT2D eigenvalue weighted by atomic mass is 16.6. The van der Waals surface area contributed by atoms with E-state index in [1.165, 1.54) is 231 Å². The summed E-state index contributed by atoms with van der Waals surface area (Å²) in [4.78, 5) is 38.0. The lowest BCUT2D eigenvalue weighted by Crippen LogP contribution is -2.30. The molecule has 0 aromatic rings. The van der Waals surface area contributed by atoms with Crippen LogP contribution in [-0.4, -0.2) is 37.2 Å². The Hall–Kier alpha value is -1.85. The zero-order chi connectivity index (χ0) is 47.9. The summed E-state index contributed by atoms with van der Waals surface area (Å²) in [6, 6.07) is 0. The fourth-order valence-corrected chi connectivity index (χ4v) is 9.03. The van der Waals surface area contributed by atoms with Crippen molar-refractivity contribution in [3.8, 4) is 0 Å². The van der Waals surface area contributed by atoms with Crippen LogP contribution in [0.1, 0.15) is 335 Å². The average molecular weight is 932 g/mol. The molecule has 66 heavy (non-hydrogen) atoms. The molecule has 390 valence electrons.